The molecule has 110 valence electrons. The van der Waals surface area contributed by atoms with E-state index in [1.54, 1.807) is 11.0 Å². The van der Waals surface area contributed by atoms with Crippen LogP contribution >= 0.6 is 11.6 Å². The van der Waals surface area contributed by atoms with E-state index in [4.69, 9.17) is 16.3 Å². The summed E-state index contributed by atoms with van der Waals surface area (Å²) in [6.45, 7) is 3.48. The van der Waals surface area contributed by atoms with E-state index in [9.17, 15) is 9.18 Å². The van der Waals surface area contributed by atoms with E-state index in [0.29, 0.717) is 19.0 Å². The SMILES string of the molecule is COc1cccc(F)c1C(=O)N1CCN(CCCl)CC1. The fraction of sp³-hybridized carbons (Fsp3) is 0.500. The lowest BCUT2D eigenvalue weighted by molar-refractivity contribution is 0.0636. The first-order valence-corrected chi connectivity index (χ1v) is 7.11. The van der Waals surface area contributed by atoms with Gasteiger partial charge in [0.05, 0.1) is 7.11 Å². The Balaban J connectivity index is 2.09. The van der Waals surface area contributed by atoms with Gasteiger partial charge in [0.25, 0.3) is 5.91 Å². The molecule has 1 fully saturated rings. The minimum Gasteiger partial charge on any atom is -0.496 e. The zero-order valence-corrected chi connectivity index (χ0v) is 12.2. The standard InChI is InChI=1S/C14H18ClFN2O2/c1-20-12-4-2-3-11(16)13(12)14(19)18-9-7-17(6-5-15)8-10-18/h2-4H,5-10H2,1H3. The average molecular weight is 301 g/mol. The third-order valence-corrected chi connectivity index (χ3v) is 3.64. The Hall–Kier alpha value is -1.33. The van der Waals surface area contributed by atoms with Gasteiger partial charge in [0.2, 0.25) is 0 Å². The van der Waals surface area contributed by atoms with Crippen LogP contribution in [0, 0.1) is 5.82 Å². The fourth-order valence-corrected chi connectivity index (χ4v) is 2.57. The van der Waals surface area contributed by atoms with Gasteiger partial charge < -0.3 is 9.64 Å². The Morgan fingerprint density at radius 3 is 2.65 bits per heavy atom. The lowest BCUT2D eigenvalue weighted by atomic mass is 10.1. The van der Waals surface area contributed by atoms with Gasteiger partial charge in [-0.3, -0.25) is 9.69 Å². The summed E-state index contributed by atoms with van der Waals surface area (Å²) >= 11 is 5.70. The van der Waals surface area contributed by atoms with Crippen molar-refractivity contribution in [1.29, 1.82) is 0 Å². The summed E-state index contributed by atoms with van der Waals surface area (Å²) in [5.41, 5.74) is 0.0146. The highest BCUT2D eigenvalue weighted by Crippen LogP contribution is 2.23. The van der Waals surface area contributed by atoms with E-state index >= 15 is 0 Å². The predicted octanol–water partition coefficient (Wildman–Crippen LogP) is 1.83. The average Bonchev–Trinajstić information content (AvgIpc) is 2.47. The van der Waals surface area contributed by atoms with Gasteiger partial charge in [0.1, 0.15) is 17.1 Å². The van der Waals surface area contributed by atoms with Gasteiger partial charge in [-0.2, -0.15) is 0 Å². The molecule has 0 saturated carbocycles. The number of carbonyl (C=O) groups excluding carboxylic acids is 1. The summed E-state index contributed by atoms with van der Waals surface area (Å²) in [6, 6.07) is 4.41. The lowest BCUT2D eigenvalue weighted by Crippen LogP contribution is -2.49. The molecule has 1 aliphatic heterocycles. The summed E-state index contributed by atoms with van der Waals surface area (Å²) in [5, 5.41) is 0. The van der Waals surface area contributed by atoms with Crippen LogP contribution in [-0.2, 0) is 0 Å². The molecule has 1 heterocycles. The molecule has 1 saturated heterocycles. The van der Waals surface area contributed by atoms with Gasteiger partial charge in [-0.05, 0) is 12.1 Å². The molecular weight excluding hydrogens is 283 g/mol. The molecule has 2 rings (SSSR count). The van der Waals surface area contributed by atoms with E-state index in [1.807, 2.05) is 0 Å². The maximum absolute atomic E-state index is 13.9. The van der Waals surface area contributed by atoms with Crippen molar-refractivity contribution >= 4 is 17.5 Å². The van der Waals surface area contributed by atoms with Crippen LogP contribution in [0.15, 0.2) is 18.2 Å². The third-order valence-electron chi connectivity index (χ3n) is 3.47. The number of hydrogen-bond acceptors (Lipinski definition) is 3. The zero-order chi connectivity index (χ0) is 14.5. The van der Waals surface area contributed by atoms with E-state index in [-0.39, 0.29) is 17.2 Å². The van der Waals surface area contributed by atoms with Crippen LogP contribution in [0.3, 0.4) is 0 Å². The number of carbonyl (C=O) groups is 1. The quantitative estimate of drug-likeness (QED) is 0.795. The van der Waals surface area contributed by atoms with Crippen molar-refractivity contribution in [2.75, 3.05) is 45.7 Å². The third kappa shape index (κ3) is 3.22. The number of amides is 1. The number of methoxy groups -OCH3 is 1. The fourth-order valence-electron chi connectivity index (χ4n) is 2.33. The summed E-state index contributed by atoms with van der Waals surface area (Å²) in [7, 11) is 1.43. The molecule has 0 N–H and O–H groups in total. The van der Waals surface area contributed by atoms with Crippen LogP contribution in [0.2, 0.25) is 0 Å². The molecule has 0 aromatic heterocycles. The van der Waals surface area contributed by atoms with Crippen LogP contribution < -0.4 is 4.74 Å². The van der Waals surface area contributed by atoms with Crippen LogP contribution in [0.5, 0.6) is 5.75 Å². The Labute approximate surface area is 123 Å². The Morgan fingerprint density at radius 2 is 2.05 bits per heavy atom. The zero-order valence-electron chi connectivity index (χ0n) is 11.4. The summed E-state index contributed by atoms with van der Waals surface area (Å²) < 4.78 is 19.0. The number of benzene rings is 1. The molecule has 6 heteroatoms. The lowest BCUT2D eigenvalue weighted by Gasteiger charge is -2.34. The van der Waals surface area contributed by atoms with E-state index in [1.165, 1.54) is 19.2 Å². The van der Waals surface area contributed by atoms with Gasteiger partial charge in [-0.25, -0.2) is 4.39 Å². The number of piperazine rings is 1. The van der Waals surface area contributed by atoms with Crippen molar-refractivity contribution in [3.8, 4) is 5.75 Å². The highest BCUT2D eigenvalue weighted by molar-refractivity contribution is 6.18. The minimum absolute atomic E-state index is 0.0146. The monoisotopic (exact) mass is 300 g/mol. The highest BCUT2D eigenvalue weighted by Gasteiger charge is 2.26. The van der Waals surface area contributed by atoms with E-state index in [2.05, 4.69) is 4.90 Å². The Morgan fingerprint density at radius 1 is 1.35 bits per heavy atom. The van der Waals surface area contributed by atoms with Gasteiger partial charge in [0, 0.05) is 38.6 Å². The first-order valence-electron chi connectivity index (χ1n) is 6.57. The molecule has 1 amide bonds. The van der Waals surface area contributed by atoms with Crippen molar-refractivity contribution in [3.63, 3.8) is 0 Å². The molecule has 0 spiro atoms. The molecular formula is C14H18ClFN2O2. The topological polar surface area (TPSA) is 32.8 Å². The Bertz CT molecular complexity index is 476. The number of ether oxygens (including phenoxy) is 1. The summed E-state index contributed by atoms with van der Waals surface area (Å²) in [5.74, 6) is -0.00377. The minimum atomic E-state index is -0.544. The molecule has 1 aromatic rings. The maximum atomic E-state index is 13.9. The largest absolute Gasteiger partial charge is 0.496 e. The molecule has 0 atom stereocenters. The maximum Gasteiger partial charge on any atom is 0.260 e. The molecule has 20 heavy (non-hydrogen) atoms. The molecule has 4 nitrogen and oxygen atoms in total. The Kier molecular flexibility index (Phi) is 5.20. The number of alkyl halides is 1. The number of halogens is 2. The van der Waals surface area contributed by atoms with Crippen molar-refractivity contribution in [1.82, 2.24) is 9.80 Å². The van der Waals surface area contributed by atoms with Crippen LogP contribution in [0.1, 0.15) is 10.4 Å². The van der Waals surface area contributed by atoms with Gasteiger partial charge in [-0.15, -0.1) is 11.6 Å². The molecule has 1 aliphatic rings. The van der Waals surface area contributed by atoms with E-state index in [0.717, 1.165) is 19.6 Å². The molecule has 0 radical (unpaired) electrons. The van der Waals surface area contributed by atoms with Gasteiger partial charge in [-0.1, -0.05) is 6.07 Å². The molecule has 0 aliphatic carbocycles. The first kappa shape index (κ1) is 15.1. The van der Waals surface area contributed by atoms with Crippen molar-refractivity contribution in [3.05, 3.63) is 29.6 Å². The molecule has 0 bridgehead atoms. The number of nitrogens with zero attached hydrogens (tertiary/aromatic N) is 2. The van der Waals surface area contributed by atoms with E-state index < -0.39 is 5.82 Å². The molecule has 1 aromatic carbocycles. The van der Waals surface area contributed by atoms with Crippen molar-refractivity contribution < 1.29 is 13.9 Å². The second kappa shape index (κ2) is 6.90. The summed E-state index contributed by atoms with van der Waals surface area (Å²) in [6.07, 6.45) is 0. The van der Waals surface area contributed by atoms with Crippen LogP contribution in [0.4, 0.5) is 4.39 Å². The second-order valence-corrected chi connectivity index (χ2v) is 5.02. The second-order valence-electron chi connectivity index (χ2n) is 4.64. The van der Waals surface area contributed by atoms with Crippen molar-refractivity contribution in [2.45, 2.75) is 0 Å². The number of rotatable bonds is 4. The smallest absolute Gasteiger partial charge is 0.260 e. The number of hydrogen-bond donors (Lipinski definition) is 0. The highest BCUT2D eigenvalue weighted by atomic mass is 35.5. The predicted molar refractivity (Wildman–Crippen MR) is 76.0 cm³/mol. The normalized spacial score (nSPS) is 16.2. The molecule has 0 unspecified atom stereocenters. The van der Waals surface area contributed by atoms with Crippen molar-refractivity contribution in [2.24, 2.45) is 0 Å². The first-order chi connectivity index (χ1) is 9.67. The van der Waals surface area contributed by atoms with Gasteiger partial charge in [0.15, 0.2) is 0 Å². The van der Waals surface area contributed by atoms with Crippen LogP contribution in [0.25, 0.3) is 0 Å². The summed E-state index contributed by atoms with van der Waals surface area (Å²) in [4.78, 5) is 16.3. The van der Waals surface area contributed by atoms with Gasteiger partial charge >= 0.3 is 0 Å². The van der Waals surface area contributed by atoms with Crippen LogP contribution in [-0.4, -0.2) is 61.4 Å².